The molecule has 0 heterocycles. The zero-order valence-electron chi connectivity index (χ0n) is 13.3. The van der Waals surface area contributed by atoms with Crippen molar-refractivity contribution in [2.75, 3.05) is 13.7 Å². The van der Waals surface area contributed by atoms with Crippen LogP contribution in [0.15, 0.2) is 24.3 Å². The van der Waals surface area contributed by atoms with E-state index in [1.165, 1.54) is 19.3 Å². The van der Waals surface area contributed by atoms with Crippen LogP contribution in [0.2, 0.25) is 0 Å². The summed E-state index contributed by atoms with van der Waals surface area (Å²) < 4.78 is 11.0. The standard InChI is InChI=1S/C18H25NO3/c1-21-16-9-5-6-10-17(16)22-13-18(20)19(15-11-12-15)14-7-3-2-4-8-14/h5-6,9-10,14-15H,2-4,7-8,11-13H2,1H3. The lowest BCUT2D eigenvalue weighted by atomic mass is 9.94. The Labute approximate surface area is 132 Å². The second-order valence-corrected chi connectivity index (χ2v) is 6.26. The highest BCUT2D eigenvalue weighted by Gasteiger charge is 2.37. The lowest BCUT2D eigenvalue weighted by Crippen LogP contribution is -2.45. The zero-order valence-corrected chi connectivity index (χ0v) is 13.3. The van der Waals surface area contributed by atoms with E-state index in [0.29, 0.717) is 23.6 Å². The Bertz CT molecular complexity index is 507. The van der Waals surface area contributed by atoms with Crippen LogP contribution < -0.4 is 9.47 Å². The molecule has 1 amide bonds. The first-order chi connectivity index (χ1) is 10.8. The molecule has 0 bridgehead atoms. The van der Waals surface area contributed by atoms with Crippen molar-refractivity contribution in [1.82, 2.24) is 4.90 Å². The Morgan fingerprint density at radius 3 is 2.32 bits per heavy atom. The van der Waals surface area contributed by atoms with Crippen molar-refractivity contribution in [2.45, 2.75) is 57.0 Å². The van der Waals surface area contributed by atoms with E-state index in [0.717, 1.165) is 25.7 Å². The molecule has 2 fully saturated rings. The third-order valence-electron chi connectivity index (χ3n) is 4.62. The fourth-order valence-electron chi connectivity index (χ4n) is 3.37. The molecule has 22 heavy (non-hydrogen) atoms. The maximum atomic E-state index is 12.7. The van der Waals surface area contributed by atoms with Gasteiger partial charge in [-0.25, -0.2) is 0 Å². The van der Waals surface area contributed by atoms with E-state index >= 15 is 0 Å². The van der Waals surface area contributed by atoms with E-state index < -0.39 is 0 Å². The van der Waals surface area contributed by atoms with Gasteiger partial charge in [0.2, 0.25) is 0 Å². The molecule has 0 saturated heterocycles. The van der Waals surface area contributed by atoms with Crippen molar-refractivity contribution in [3.63, 3.8) is 0 Å². The van der Waals surface area contributed by atoms with E-state index in [2.05, 4.69) is 4.90 Å². The summed E-state index contributed by atoms with van der Waals surface area (Å²) in [6.07, 6.45) is 8.39. The van der Waals surface area contributed by atoms with Gasteiger partial charge in [-0.3, -0.25) is 4.79 Å². The van der Waals surface area contributed by atoms with Gasteiger partial charge < -0.3 is 14.4 Å². The fourth-order valence-corrected chi connectivity index (χ4v) is 3.37. The number of carbonyl (C=O) groups is 1. The Morgan fingerprint density at radius 2 is 1.68 bits per heavy atom. The van der Waals surface area contributed by atoms with Crippen LogP contribution >= 0.6 is 0 Å². The molecule has 120 valence electrons. The van der Waals surface area contributed by atoms with Crippen molar-refractivity contribution < 1.29 is 14.3 Å². The number of methoxy groups -OCH3 is 1. The summed E-state index contributed by atoms with van der Waals surface area (Å²) >= 11 is 0. The van der Waals surface area contributed by atoms with Gasteiger partial charge in [0.1, 0.15) is 0 Å². The lowest BCUT2D eigenvalue weighted by Gasteiger charge is -2.34. The molecular formula is C18H25NO3. The van der Waals surface area contributed by atoms with Crippen LogP contribution in [0, 0.1) is 0 Å². The maximum absolute atomic E-state index is 12.7. The summed E-state index contributed by atoms with van der Waals surface area (Å²) in [7, 11) is 1.61. The third kappa shape index (κ3) is 3.54. The number of hydrogen-bond donors (Lipinski definition) is 0. The number of benzene rings is 1. The highest BCUT2D eigenvalue weighted by molar-refractivity contribution is 5.79. The van der Waals surface area contributed by atoms with Crippen molar-refractivity contribution >= 4 is 5.91 Å². The van der Waals surface area contributed by atoms with Gasteiger partial charge in [-0.15, -0.1) is 0 Å². The number of rotatable bonds is 6. The summed E-state index contributed by atoms with van der Waals surface area (Å²) in [5, 5.41) is 0. The fraction of sp³-hybridized carbons (Fsp3) is 0.611. The smallest absolute Gasteiger partial charge is 0.261 e. The molecule has 0 aliphatic heterocycles. The molecule has 0 radical (unpaired) electrons. The van der Waals surface area contributed by atoms with Crippen LogP contribution in [0.5, 0.6) is 11.5 Å². The van der Waals surface area contributed by atoms with Gasteiger partial charge in [0.15, 0.2) is 18.1 Å². The quantitative estimate of drug-likeness (QED) is 0.808. The molecule has 0 spiro atoms. The maximum Gasteiger partial charge on any atom is 0.261 e. The summed E-state index contributed by atoms with van der Waals surface area (Å²) in [4.78, 5) is 14.8. The minimum Gasteiger partial charge on any atom is -0.493 e. The number of para-hydroxylation sites is 2. The first-order valence-electron chi connectivity index (χ1n) is 8.36. The monoisotopic (exact) mass is 303 g/mol. The Balaban J connectivity index is 1.61. The second kappa shape index (κ2) is 7.03. The zero-order chi connectivity index (χ0) is 15.4. The van der Waals surface area contributed by atoms with Crippen LogP contribution in [0.1, 0.15) is 44.9 Å². The van der Waals surface area contributed by atoms with Crippen LogP contribution in [0.25, 0.3) is 0 Å². The molecule has 0 N–H and O–H groups in total. The summed E-state index contributed by atoms with van der Waals surface area (Å²) in [5.74, 6) is 1.43. The second-order valence-electron chi connectivity index (χ2n) is 6.26. The number of ether oxygens (including phenoxy) is 2. The van der Waals surface area contributed by atoms with Crippen LogP contribution in [0.3, 0.4) is 0 Å². The molecule has 0 unspecified atom stereocenters. The Hall–Kier alpha value is -1.71. The molecule has 0 aromatic heterocycles. The van der Waals surface area contributed by atoms with Gasteiger partial charge in [0.25, 0.3) is 5.91 Å². The van der Waals surface area contributed by atoms with Gasteiger partial charge in [-0.2, -0.15) is 0 Å². The topological polar surface area (TPSA) is 38.8 Å². The molecule has 4 nitrogen and oxygen atoms in total. The molecule has 0 atom stereocenters. The average molecular weight is 303 g/mol. The van der Waals surface area contributed by atoms with Crippen LogP contribution in [-0.2, 0) is 4.79 Å². The van der Waals surface area contributed by atoms with Gasteiger partial charge in [0, 0.05) is 12.1 Å². The highest BCUT2D eigenvalue weighted by Crippen LogP contribution is 2.34. The Kier molecular flexibility index (Phi) is 4.86. The van der Waals surface area contributed by atoms with Gasteiger partial charge in [0.05, 0.1) is 7.11 Å². The minimum absolute atomic E-state index is 0.105. The number of nitrogens with zero attached hydrogens (tertiary/aromatic N) is 1. The summed E-state index contributed by atoms with van der Waals surface area (Å²) in [6.45, 7) is 0.105. The SMILES string of the molecule is COc1ccccc1OCC(=O)N(C1CCCCC1)C1CC1. The molecule has 2 aliphatic carbocycles. The van der Waals surface area contributed by atoms with Crippen LogP contribution in [0.4, 0.5) is 0 Å². The largest absolute Gasteiger partial charge is 0.493 e. The van der Waals surface area contributed by atoms with Crippen LogP contribution in [-0.4, -0.2) is 36.6 Å². The van der Waals surface area contributed by atoms with Gasteiger partial charge in [-0.05, 0) is 37.8 Å². The van der Waals surface area contributed by atoms with Crippen molar-refractivity contribution in [3.8, 4) is 11.5 Å². The van der Waals surface area contributed by atoms with Gasteiger partial charge >= 0.3 is 0 Å². The van der Waals surface area contributed by atoms with Crippen molar-refractivity contribution in [1.29, 1.82) is 0 Å². The third-order valence-corrected chi connectivity index (χ3v) is 4.62. The minimum atomic E-state index is 0.105. The molecule has 4 heteroatoms. The predicted molar refractivity (Wildman–Crippen MR) is 85.2 cm³/mol. The molecule has 1 aromatic rings. The van der Waals surface area contributed by atoms with E-state index in [1.54, 1.807) is 7.11 Å². The van der Waals surface area contributed by atoms with E-state index in [-0.39, 0.29) is 12.5 Å². The van der Waals surface area contributed by atoms with Crippen molar-refractivity contribution in [3.05, 3.63) is 24.3 Å². The summed E-state index contributed by atoms with van der Waals surface area (Å²) in [6, 6.07) is 8.36. The Morgan fingerprint density at radius 1 is 1.05 bits per heavy atom. The summed E-state index contributed by atoms with van der Waals surface area (Å²) in [5.41, 5.74) is 0. The first-order valence-corrected chi connectivity index (χ1v) is 8.36. The van der Waals surface area contributed by atoms with Gasteiger partial charge in [-0.1, -0.05) is 31.4 Å². The molecule has 1 aromatic carbocycles. The number of hydrogen-bond acceptors (Lipinski definition) is 3. The van der Waals surface area contributed by atoms with Crippen molar-refractivity contribution in [2.24, 2.45) is 0 Å². The first kappa shape index (κ1) is 15.2. The number of carbonyl (C=O) groups excluding carboxylic acids is 1. The lowest BCUT2D eigenvalue weighted by molar-refractivity contribution is -0.137. The van der Waals surface area contributed by atoms with E-state index in [9.17, 15) is 4.79 Å². The highest BCUT2D eigenvalue weighted by atomic mass is 16.5. The average Bonchev–Trinajstić information content (AvgIpc) is 3.39. The molecule has 2 aliphatic rings. The van der Waals surface area contributed by atoms with E-state index in [4.69, 9.17) is 9.47 Å². The molecule has 3 rings (SSSR count). The molecule has 2 saturated carbocycles. The number of amides is 1. The van der Waals surface area contributed by atoms with E-state index in [1.807, 2.05) is 24.3 Å². The predicted octanol–water partition coefficient (Wildman–Crippen LogP) is 3.40. The molecular weight excluding hydrogens is 278 g/mol. The normalized spacial score (nSPS) is 18.8.